The molecule has 5 heteroatoms. The van der Waals surface area contributed by atoms with E-state index in [9.17, 15) is 0 Å². The SMILES string of the molecule is Cc1cc2c(cc1N1c3cc4c(cc3B3c5c1cc1sc6ccccc6c1c5-c1ccc5oc6ccccc6c5c1N3c1ccc(C(C)(C)C)cc1-c1ccccc1)C(C)(C)c1ccccc1C4(C)C)C(C)(C)CCC2(C)C. The Kier molecular flexibility index (Phi) is 9.76. The molecule has 0 amide bonds. The number of furan rings is 1. The Morgan fingerprint density at radius 1 is 0.500 bits per heavy atom. The van der Waals surface area contributed by atoms with Crippen LogP contribution in [0.2, 0.25) is 0 Å². The van der Waals surface area contributed by atoms with E-state index in [1.54, 1.807) is 0 Å². The van der Waals surface area contributed by atoms with Gasteiger partial charge < -0.3 is 14.1 Å². The second-order valence-corrected chi connectivity index (χ2v) is 27.8. The minimum absolute atomic E-state index is 0.0103. The van der Waals surface area contributed by atoms with Crippen LogP contribution in [-0.2, 0) is 27.1 Å². The van der Waals surface area contributed by atoms with Gasteiger partial charge in [-0.25, -0.2) is 0 Å². The summed E-state index contributed by atoms with van der Waals surface area (Å²) in [5, 5.41) is 4.92. The highest BCUT2D eigenvalue weighted by Gasteiger charge is 2.51. The fourth-order valence-corrected chi connectivity index (χ4v) is 16.2. The summed E-state index contributed by atoms with van der Waals surface area (Å²) in [6, 6.07) is 63.5. The van der Waals surface area contributed by atoms with Gasteiger partial charge in [-0.15, -0.1) is 11.3 Å². The van der Waals surface area contributed by atoms with E-state index in [0.717, 1.165) is 28.4 Å². The predicted octanol–water partition coefficient (Wildman–Crippen LogP) is 19.2. The van der Waals surface area contributed by atoms with Crippen molar-refractivity contribution in [1.29, 1.82) is 0 Å². The molecule has 3 nitrogen and oxygen atoms in total. The first-order chi connectivity index (χ1) is 37.2. The summed E-state index contributed by atoms with van der Waals surface area (Å²) in [5.41, 5.74) is 26.2. The maximum absolute atomic E-state index is 6.98. The molecule has 0 N–H and O–H groups in total. The predicted molar refractivity (Wildman–Crippen MR) is 335 cm³/mol. The third-order valence-corrected chi connectivity index (χ3v) is 20.5. The molecular formula is C73H67BN2OS. The topological polar surface area (TPSA) is 19.6 Å². The lowest BCUT2D eigenvalue weighted by Gasteiger charge is -2.50. The van der Waals surface area contributed by atoms with Gasteiger partial charge in [0.1, 0.15) is 11.2 Å². The maximum atomic E-state index is 6.98. The van der Waals surface area contributed by atoms with E-state index in [4.69, 9.17) is 4.42 Å². The van der Waals surface area contributed by atoms with Crippen LogP contribution in [0.1, 0.15) is 134 Å². The summed E-state index contributed by atoms with van der Waals surface area (Å²) < 4.78 is 9.59. The van der Waals surface area contributed by atoms with E-state index in [1.165, 1.54) is 133 Å². The Hall–Kier alpha value is -7.34. The summed E-state index contributed by atoms with van der Waals surface area (Å²) in [6.45, 7) is 28.9. The first-order valence-corrected chi connectivity index (χ1v) is 29.2. The second-order valence-electron chi connectivity index (χ2n) is 26.7. The molecule has 4 heterocycles. The fourth-order valence-electron chi connectivity index (χ4n) is 15.0. The van der Waals surface area contributed by atoms with Crippen molar-refractivity contribution >= 4 is 99.7 Å². The fraction of sp³-hybridized carbons (Fsp3) is 0.260. The van der Waals surface area contributed by atoms with E-state index in [2.05, 4.69) is 257 Å². The van der Waals surface area contributed by atoms with Crippen molar-refractivity contribution < 1.29 is 4.42 Å². The average Bonchev–Trinajstić information content (AvgIpc) is 2.32. The van der Waals surface area contributed by atoms with Crippen LogP contribution in [0.3, 0.4) is 0 Å². The first kappa shape index (κ1) is 47.8. The number of thiophene rings is 1. The first-order valence-electron chi connectivity index (χ1n) is 28.4. The van der Waals surface area contributed by atoms with Crippen LogP contribution >= 0.6 is 11.3 Å². The van der Waals surface area contributed by atoms with Crippen LogP contribution in [0, 0.1) is 6.92 Å². The number of aryl methyl sites for hydroxylation is 1. The van der Waals surface area contributed by atoms with E-state index in [0.29, 0.717) is 0 Å². The summed E-state index contributed by atoms with van der Waals surface area (Å²) >= 11 is 1.93. The molecule has 0 unspecified atom stereocenters. The number of fused-ring (bicyclic) bond motifs is 15. The number of rotatable bonds is 3. The van der Waals surface area contributed by atoms with E-state index < -0.39 is 0 Å². The van der Waals surface area contributed by atoms with E-state index in [-0.39, 0.29) is 33.9 Å². The van der Waals surface area contributed by atoms with Crippen molar-refractivity contribution in [2.75, 3.05) is 9.71 Å². The van der Waals surface area contributed by atoms with Crippen LogP contribution in [-0.4, -0.2) is 6.85 Å². The summed E-state index contributed by atoms with van der Waals surface area (Å²) in [4.78, 5) is 5.55. The number of nitrogens with zero attached hydrogens (tertiary/aromatic N) is 2. The third-order valence-electron chi connectivity index (χ3n) is 19.4. The van der Waals surface area contributed by atoms with Crippen molar-refractivity contribution in [3.05, 3.63) is 208 Å². The van der Waals surface area contributed by atoms with E-state index in [1.807, 2.05) is 11.3 Å². The van der Waals surface area contributed by atoms with Crippen LogP contribution in [0.15, 0.2) is 168 Å². The lowest BCUT2D eigenvalue weighted by molar-refractivity contribution is 0.332. The smallest absolute Gasteiger partial charge is 0.333 e. The molecule has 15 rings (SSSR count). The molecule has 2 aromatic heterocycles. The average molecular weight is 1030 g/mol. The highest BCUT2D eigenvalue weighted by Crippen LogP contribution is 2.59. The quantitative estimate of drug-likeness (QED) is 0.164. The molecule has 78 heavy (non-hydrogen) atoms. The standard InChI is InChI=1S/C73H67BN2OS/c1-42-36-51-52(71(7,8)35-34-70(51,5)6)39-57(42)75-58-40-54-53(72(9,10)49-26-18-19-27-50(49)73(54,11)12)38-55(58)74-67-59(75)41-63-65(46-25-17-21-29-62(46)78-63)66(67)47-31-33-61-64(45-24-16-20-28-60(45)77-61)68(47)76(74)56-32-30-44(69(2,3)4)37-48(56)43-22-14-13-15-23-43/h13-33,36-41H,34-35H2,1-12H3. The molecule has 0 atom stereocenters. The van der Waals surface area contributed by atoms with Crippen molar-refractivity contribution in [2.24, 2.45) is 0 Å². The second kappa shape index (κ2) is 15.9. The maximum Gasteiger partial charge on any atom is 0.333 e. The van der Waals surface area contributed by atoms with Crippen molar-refractivity contribution in [3.8, 4) is 22.3 Å². The third kappa shape index (κ3) is 6.46. The zero-order valence-corrected chi connectivity index (χ0v) is 48.1. The molecule has 11 aromatic rings. The van der Waals surface area contributed by atoms with Gasteiger partial charge in [-0.3, -0.25) is 0 Å². The zero-order valence-electron chi connectivity index (χ0n) is 47.3. The monoisotopic (exact) mass is 1030 g/mol. The Balaban J connectivity index is 1.17. The van der Waals surface area contributed by atoms with Gasteiger partial charge in [0.05, 0.1) is 5.39 Å². The highest BCUT2D eigenvalue weighted by molar-refractivity contribution is 7.26. The van der Waals surface area contributed by atoms with Crippen LogP contribution in [0.5, 0.6) is 0 Å². The van der Waals surface area contributed by atoms with E-state index >= 15 is 0 Å². The molecule has 384 valence electrons. The number of hydrogen-bond acceptors (Lipinski definition) is 4. The van der Waals surface area contributed by atoms with Crippen molar-refractivity contribution in [1.82, 2.24) is 0 Å². The van der Waals surface area contributed by atoms with Crippen molar-refractivity contribution in [3.63, 3.8) is 0 Å². The molecule has 4 aliphatic rings. The molecule has 0 bridgehead atoms. The molecule has 2 aliphatic carbocycles. The Morgan fingerprint density at radius 2 is 1.13 bits per heavy atom. The van der Waals surface area contributed by atoms with Gasteiger partial charge in [-0.05, 0) is 157 Å². The van der Waals surface area contributed by atoms with Gasteiger partial charge in [0.25, 0.3) is 0 Å². The molecule has 2 aliphatic heterocycles. The normalized spacial score (nSPS) is 17.2. The van der Waals surface area contributed by atoms with Crippen LogP contribution in [0.4, 0.5) is 28.4 Å². The number of benzene rings is 9. The van der Waals surface area contributed by atoms with Gasteiger partial charge in [0.15, 0.2) is 0 Å². The molecule has 0 saturated heterocycles. The molecule has 0 fully saturated rings. The highest BCUT2D eigenvalue weighted by atomic mass is 32.1. The molecular weight excluding hydrogens is 964 g/mol. The molecule has 9 aromatic carbocycles. The van der Waals surface area contributed by atoms with Gasteiger partial charge in [0, 0.05) is 76.0 Å². The van der Waals surface area contributed by atoms with Crippen molar-refractivity contribution in [2.45, 2.75) is 123 Å². The van der Waals surface area contributed by atoms with Crippen LogP contribution < -0.4 is 20.6 Å². The molecule has 0 spiro atoms. The number of anilines is 5. The lowest BCUT2D eigenvalue weighted by Crippen LogP contribution is -2.62. The Labute approximate surface area is 464 Å². The zero-order chi connectivity index (χ0) is 53.7. The minimum atomic E-state index is -0.287. The van der Waals surface area contributed by atoms with Gasteiger partial charge in [-0.2, -0.15) is 0 Å². The van der Waals surface area contributed by atoms with Crippen LogP contribution in [0.25, 0.3) is 64.4 Å². The number of para-hydroxylation sites is 1. The Morgan fingerprint density at radius 3 is 1.85 bits per heavy atom. The summed E-state index contributed by atoms with van der Waals surface area (Å²) in [7, 11) is 0. The number of hydrogen-bond donors (Lipinski definition) is 0. The Bertz CT molecular complexity index is 4410. The van der Waals surface area contributed by atoms with Gasteiger partial charge in [0.2, 0.25) is 0 Å². The molecule has 0 saturated carbocycles. The summed E-state index contributed by atoms with van der Waals surface area (Å²) in [6.07, 6.45) is 2.32. The van der Waals surface area contributed by atoms with Gasteiger partial charge in [-0.1, -0.05) is 185 Å². The largest absolute Gasteiger partial charge is 0.456 e. The summed E-state index contributed by atoms with van der Waals surface area (Å²) in [5.74, 6) is 0. The lowest BCUT2D eigenvalue weighted by atomic mass is 9.42. The molecule has 0 radical (unpaired) electrons. The van der Waals surface area contributed by atoms with Gasteiger partial charge >= 0.3 is 6.85 Å². The minimum Gasteiger partial charge on any atom is -0.456 e.